The van der Waals surface area contributed by atoms with Gasteiger partial charge in [-0.2, -0.15) is 0 Å². The average molecular weight is 326 g/mol. The summed E-state index contributed by atoms with van der Waals surface area (Å²) in [6.45, 7) is 1.90. The molecule has 0 bridgehead atoms. The third-order valence-electron chi connectivity index (χ3n) is 3.98. The number of aromatic hydroxyl groups is 1. The SMILES string of the molecule is COCc1c(O)ccc2c(=O)c(-c3ccc(OC)cc3)c(C)oc12. The molecule has 5 nitrogen and oxygen atoms in total. The fraction of sp³-hybridized carbons (Fsp3) is 0.211. The van der Waals surface area contributed by atoms with Gasteiger partial charge in [0.1, 0.15) is 22.8 Å². The summed E-state index contributed by atoms with van der Waals surface area (Å²) in [5, 5.41) is 10.4. The van der Waals surface area contributed by atoms with Crippen LogP contribution in [0, 0.1) is 6.92 Å². The molecule has 0 fully saturated rings. The molecule has 1 aromatic heterocycles. The molecule has 3 rings (SSSR count). The lowest BCUT2D eigenvalue weighted by atomic mass is 10.0. The van der Waals surface area contributed by atoms with Crippen molar-refractivity contribution < 1.29 is 19.0 Å². The zero-order valence-corrected chi connectivity index (χ0v) is 13.8. The first-order valence-corrected chi connectivity index (χ1v) is 7.48. The summed E-state index contributed by atoms with van der Waals surface area (Å²) in [5.41, 5.74) is 1.94. The van der Waals surface area contributed by atoms with Gasteiger partial charge in [0, 0.05) is 7.11 Å². The number of phenolic OH excluding ortho intramolecular Hbond substituents is 1. The van der Waals surface area contributed by atoms with Crippen molar-refractivity contribution >= 4 is 11.0 Å². The van der Waals surface area contributed by atoms with Crippen LogP contribution in [-0.2, 0) is 11.3 Å². The molecular weight excluding hydrogens is 308 g/mol. The van der Waals surface area contributed by atoms with E-state index in [4.69, 9.17) is 13.9 Å². The van der Waals surface area contributed by atoms with Crippen LogP contribution in [0.15, 0.2) is 45.6 Å². The quantitative estimate of drug-likeness (QED) is 0.793. The van der Waals surface area contributed by atoms with Gasteiger partial charge >= 0.3 is 0 Å². The summed E-state index contributed by atoms with van der Waals surface area (Å²) < 4.78 is 16.1. The van der Waals surface area contributed by atoms with Gasteiger partial charge in [-0.1, -0.05) is 12.1 Å². The molecule has 0 radical (unpaired) electrons. The summed E-state index contributed by atoms with van der Waals surface area (Å²) in [6, 6.07) is 10.3. The van der Waals surface area contributed by atoms with Gasteiger partial charge in [0.25, 0.3) is 0 Å². The van der Waals surface area contributed by atoms with E-state index in [-0.39, 0.29) is 17.8 Å². The van der Waals surface area contributed by atoms with Gasteiger partial charge in [-0.3, -0.25) is 4.79 Å². The van der Waals surface area contributed by atoms with Crippen LogP contribution in [0.2, 0.25) is 0 Å². The lowest BCUT2D eigenvalue weighted by Crippen LogP contribution is -2.08. The molecule has 3 aromatic rings. The number of methoxy groups -OCH3 is 2. The summed E-state index contributed by atoms with van der Waals surface area (Å²) in [4.78, 5) is 13.0. The maximum atomic E-state index is 13.0. The van der Waals surface area contributed by atoms with Gasteiger partial charge < -0.3 is 19.0 Å². The van der Waals surface area contributed by atoms with E-state index in [0.29, 0.717) is 33.6 Å². The Balaban J connectivity index is 2.27. The molecule has 124 valence electrons. The minimum atomic E-state index is -0.142. The van der Waals surface area contributed by atoms with Crippen LogP contribution >= 0.6 is 0 Å². The van der Waals surface area contributed by atoms with Crippen molar-refractivity contribution in [3.05, 3.63) is 57.9 Å². The molecule has 0 aliphatic carbocycles. The Morgan fingerprint density at radius 1 is 1.08 bits per heavy atom. The van der Waals surface area contributed by atoms with Gasteiger partial charge in [-0.15, -0.1) is 0 Å². The van der Waals surface area contributed by atoms with Crippen molar-refractivity contribution in [2.75, 3.05) is 14.2 Å². The minimum absolute atomic E-state index is 0.0455. The van der Waals surface area contributed by atoms with E-state index in [1.54, 1.807) is 32.2 Å². The Hall–Kier alpha value is -2.79. The molecule has 0 atom stereocenters. The van der Waals surface area contributed by atoms with Crippen LogP contribution in [-0.4, -0.2) is 19.3 Å². The third kappa shape index (κ3) is 2.63. The van der Waals surface area contributed by atoms with Crippen LogP contribution < -0.4 is 10.2 Å². The Kier molecular flexibility index (Phi) is 4.27. The van der Waals surface area contributed by atoms with Crippen LogP contribution in [0.25, 0.3) is 22.1 Å². The van der Waals surface area contributed by atoms with Crippen LogP contribution in [0.5, 0.6) is 11.5 Å². The molecule has 0 saturated heterocycles. The van der Waals surface area contributed by atoms with E-state index < -0.39 is 0 Å². The Morgan fingerprint density at radius 2 is 1.79 bits per heavy atom. The van der Waals surface area contributed by atoms with E-state index in [2.05, 4.69) is 0 Å². The van der Waals surface area contributed by atoms with E-state index >= 15 is 0 Å². The van der Waals surface area contributed by atoms with Gasteiger partial charge in [-0.25, -0.2) is 0 Å². The van der Waals surface area contributed by atoms with E-state index in [9.17, 15) is 9.90 Å². The molecule has 0 amide bonds. The number of fused-ring (bicyclic) bond motifs is 1. The minimum Gasteiger partial charge on any atom is -0.507 e. The Morgan fingerprint density at radius 3 is 2.42 bits per heavy atom. The van der Waals surface area contributed by atoms with E-state index in [0.717, 1.165) is 5.56 Å². The first-order valence-electron chi connectivity index (χ1n) is 7.48. The number of aryl methyl sites for hydroxylation is 1. The highest BCUT2D eigenvalue weighted by molar-refractivity contribution is 5.86. The lowest BCUT2D eigenvalue weighted by Gasteiger charge is -2.11. The van der Waals surface area contributed by atoms with Gasteiger partial charge in [0.2, 0.25) is 5.43 Å². The van der Waals surface area contributed by atoms with Crippen LogP contribution in [0.4, 0.5) is 0 Å². The second-order valence-corrected chi connectivity index (χ2v) is 5.46. The number of phenols is 1. The molecule has 0 aliphatic rings. The second kappa shape index (κ2) is 6.37. The monoisotopic (exact) mass is 326 g/mol. The Bertz CT molecular complexity index is 939. The molecule has 1 N–H and O–H groups in total. The molecule has 5 heteroatoms. The van der Waals surface area contributed by atoms with Gasteiger partial charge in [0.05, 0.1) is 30.2 Å². The second-order valence-electron chi connectivity index (χ2n) is 5.46. The van der Waals surface area contributed by atoms with Gasteiger partial charge in [0.15, 0.2) is 0 Å². The zero-order valence-electron chi connectivity index (χ0n) is 13.8. The maximum Gasteiger partial charge on any atom is 0.200 e. The number of hydrogen-bond acceptors (Lipinski definition) is 5. The fourth-order valence-corrected chi connectivity index (χ4v) is 2.79. The molecule has 0 saturated carbocycles. The first-order chi connectivity index (χ1) is 11.6. The van der Waals surface area contributed by atoms with Crippen molar-refractivity contribution in [2.24, 2.45) is 0 Å². The van der Waals surface area contributed by atoms with E-state index in [1.807, 2.05) is 12.1 Å². The highest BCUT2D eigenvalue weighted by atomic mass is 16.5. The lowest BCUT2D eigenvalue weighted by molar-refractivity contribution is 0.182. The largest absolute Gasteiger partial charge is 0.507 e. The van der Waals surface area contributed by atoms with Crippen LogP contribution in [0.1, 0.15) is 11.3 Å². The molecule has 2 aromatic carbocycles. The number of ether oxygens (including phenoxy) is 2. The standard InChI is InChI=1S/C19H18O5/c1-11-17(12-4-6-13(23-3)7-5-12)18(21)14-8-9-16(20)15(10-22-2)19(14)24-11/h4-9,20H,10H2,1-3H3. The Labute approximate surface area is 139 Å². The molecular formula is C19H18O5. The maximum absolute atomic E-state index is 13.0. The fourth-order valence-electron chi connectivity index (χ4n) is 2.79. The topological polar surface area (TPSA) is 68.9 Å². The number of benzene rings is 2. The smallest absolute Gasteiger partial charge is 0.200 e. The molecule has 0 spiro atoms. The normalized spacial score (nSPS) is 11.0. The van der Waals surface area contributed by atoms with Crippen molar-refractivity contribution in [3.63, 3.8) is 0 Å². The molecule has 0 unspecified atom stereocenters. The van der Waals surface area contributed by atoms with Gasteiger partial charge in [-0.05, 0) is 36.8 Å². The predicted molar refractivity (Wildman–Crippen MR) is 91.6 cm³/mol. The number of hydrogen-bond donors (Lipinski definition) is 1. The highest BCUT2D eigenvalue weighted by Gasteiger charge is 2.17. The van der Waals surface area contributed by atoms with Crippen molar-refractivity contribution in [2.45, 2.75) is 13.5 Å². The summed E-state index contributed by atoms with van der Waals surface area (Å²) in [7, 11) is 3.11. The summed E-state index contributed by atoms with van der Waals surface area (Å²) in [5.74, 6) is 1.25. The average Bonchev–Trinajstić information content (AvgIpc) is 2.58. The predicted octanol–water partition coefficient (Wildman–Crippen LogP) is 3.63. The van der Waals surface area contributed by atoms with Crippen LogP contribution in [0.3, 0.4) is 0 Å². The van der Waals surface area contributed by atoms with Crippen molar-refractivity contribution in [1.29, 1.82) is 0 Å². The number of rotatable bonds is 4. The summed E-state index contributed by atoms with van der Waals surface area (Å²) >= 11 is 0. The van der Waals surface area contributed by atoms with Crippen molar-refractivity contribution in [3.8, 4) is 22.6 Å². The zero-order chi connectivity index (χ0) is 17.3. The van der Waals surface area contributed by atoms with Crippen molar-refractivity contribution in [1.82, 2.24) is 0 Å². The first kappa shape index (κ1) is 16.1. The third-order valence-corrected chi connectivity index (χ3v) is 3.98. The highest BCUT2D eigenvalue weighted by Crippen LogP contribution is 2.31. The summed E-state index contributed by atoms with van der Waals surface area (Å²) in [6.07, 6.45) is 0. The molecule has 1 heterocycles. The molecule has 0 aliphatic heterocycles. The van der Waals surface area contributed by atoms with E-state index in [1.165, 1.54) is 13.2 Å². The molecule has 24 heavy (non-hydrogen) atoms.